The first-order valence-corrected chi connectivity index (χ1v) is 15.6. The van der Waals surface area contributed by atoms with E-state index in [0.717, 1.165) is 54.1 Å². The Morgan fingerprint density at radius 3 is 2.66 bits per heavy atom. The van der Waals surface area contributed by atoms with Crippen molar-refractivity contribution in [2.75, 3.05) is 25.5 Å². The van der Waals surface area contributed by atoms with E-state index in [9.17, 15) is 23.2 Å². The van der Waals surface area contributed by atoms with Crippen molar-refractivity contribution < 1.29 is 32.6 Å². The highest BCUT2D eigenvalue weighted by Crippen LogP contribution is 2.46. The molecule has 1 aliphatic heterocycles. The van der Waals surface area contributed by atoms with Gasteiger partial charge in [-0.1, -0.05) is 55.4 Å². The lowest BCUT2D eigenvalue weighted by Gasteiger charge is -2.26. The molecule has 12 heteroatoms. The Hall–Kier alpha value is -4.06. The molecule has 1 saturated heterocycles. The van der Waals surface area contributed by atoms with Crippen LogP contribution in [0.4, 0.5) is 14.5 Å². The van der Waals surface area contributed by atoms with Gasteiger partial charge in [0.25, 0.3) is 5.19 Å². The second-order valence-electron chi connectivity index (χ2n) is 11.2. The Morgan fingerprint density at radius 2 is 1.93 bits per heavy atom. The van der Waals surface area contributed by atoms with Gasteiger partial charge in [-0.3, -0.25) is 9.59 Å². The average molecular weight is 627 g/mol. The summed E-state index contributed by atoms with van der Waals surface area (Å²) in [5, 5.41) is 6.05. The Balaban J connectivity index is 1.31. The lowest BCUT2D eigenvalue weighted by atomic mass is 10.1. The molecular weight excluding hydrogens is 590 g/mol. The molecule has 2 heterocycles. The standard InChI is InChI=1S/C32H36F2N4O5S/c1-3-4-5-6-7-10-20-17-32(20,30(41)42-2)37-29(40)26-16-24(43-31-36-25-11-8-9-12-27(25)44-31)19-38(26)28(39)18-35-23-14-21(33)13-22(34)15-23/h7-15,20,24,26,35H,3-6,16-19H2,1-2H3,(H,37,40)/b10-7-/t20-,24-,26+,32-/m1/s1. The van der Waals surface area contributed by atoms with Gasteiger partial charge in [-0.15, -0.1) is 0 Å². The highest BCUT2D eigenvalue weighted by atomic mass is 32.1. The molecule has 1 aliphatic carbocycles. The molecule has 2 fully saturated rings. The molecule has 2 aliphatic rings. The van der Waals surface area contributed by atoms with E-state index in [0.29, 0.717) is 11.6 Å². The Morgan fingerprint density at radius 1 is 1.16 bits per heavy atom. The molecule has 0 bridgehead atoms. The largest absolute Gasteiger partial charge is 0.467 e. The molecule has 9 nitrogen and oxygen atoms in total. The molecule has 234 valence electrons. The van der Waals surface area contributed by atoms with Crippen LogP contribution in [0.2, 0.25) is 0 Å². The van der Waals surface area contributed by atoms with Gasteiger partial charge in [-0.2, -0.15) is 0 Å². The zero-order valence-electron chi connectivity index (χ0n) is 24.7. The topological polar surface area (TPSA) is 110 Å². The summed E-state index contributed by atoms with van der Waals surface area (Å²) in [5.41, 5.74) is -0.332. The SMILES string of the molecule is CCCCC/C=C\[C@@H]1C[C@]1(NC(=O)[C@@H]1C[C@@H](Oc2nc3ccccc3s2)CN1C(=O)CNc1cc(F)cc(F)c1)C(=O)OC. The van der Waals surface area contributed by atoms with E-state index in [1.54, 1.807) is 0 Å². The summed E-state index contributed by atoms with van der Waals surface area (Å²) >= 11 is 1.36. The number of amides is 2. The number of nitrogens with zero attached hydrogens (tertiary/aromatic N) is 2. The molecule has 4 atom stereocenters. The summed E-state index contributed by atoms with van der Waals surface area (Å²) in [4.78, 5) is 45.9. The first-order valence-electron chi connectivity index (χ1n) is 14.8. The Bertz CT molecular complexity index is 1490. The highest BCUT2D eigenvalue weighted by molar-refractivity contribution is 7.20. The van der Waals surface area contributed by atoms with Gasteiger partial charge in [-0.25, -0.2) is 18.6 Å². The number of para-hydroxylation sites is 1. The number of methoxy groups -OCH3 is 1. The van der Waals surface area contributed by atoms with Crippen LogP contribution >= 0.6 is 11.3 Å². The summed E-state index contributed by atoms with van der Waals surface area (Å²) in [5.74, 6) is -3.30. The molecule has 1 aromatic heterocycles. The molecule has 2 N–H and O–H groups in total. The number of nitrogens with one attached hydrogen (secondary N) is 2. The van der Waals surface area contributed by atoms with Crippen molar-refractivity contribution in [3.63, 3.8) is 0 Å². The number of allylic oxidation sites excluding steroid dienone is 1. The van der Waals surface area contributed by atoms with Crippen molar-refractivity contribution in [2.45, 2.75) is 63.1 Å². The molecule has 0 unspecified atom stereocenters. The van der Waals surface area contributed by atoms with Gasteiger partial charge in [0.1, 0.15) is 29.3 Å². The quantitative estimate of drug-likeness (QED) is 0.152. The van der Waals surface area contributed by atoms with Crippen LogP contribution in [0.15, 0.2) is 54.6 Å². The van der Waals surface area contributed by atoms with E-state index in [2.05, 4.69) is 22.5 Å². The van der Waals surface area contributed by atoms with Crippen molar-refractivity contribution in [1.82, 2.24) is 15.2 Å². The number of anilines is 1. The molecule has 0 spiro atoms. The number of aromatic nitrogens is 1. The van der Waals surface area contributed by atoms with E-state index >= 15 is 0 Å². The van der Waals surface area contributed by atoms with Gasteiger partial charge in [0.2, 0.25) is 11.8 Å². The minimum absolute atomic E-state index is 0.0814. The third kappa shape index (κ3) is 7.18. The third-order valence-corrected chi connectivity index (χ3v) is 8.91. The summed E-state index contributed by atoms with van der Waals surface area (Å²) in [6.45, 7) is 1.90. The van der Waals surface area contributed by atoms with Crippen LogP contribution in [0.3, 0.4) is 0 Å². The first-order chi connectivity index (χ1) is 21.2. The van der Waals surface area contributed by atoms with E-state index in [1.807, 2.05) is 36.4 Å². The van der Waals surface area contributed by atoms with Crippen LogP contribution < -0.4 is 15.4 Å². The summed E-state index contributed by atoms with van der Waals surface area (Å²) in [6, 6.07) is 9.52. The number of hydrogen-bond donors (Lipinski definition) is 2. The van der Waals surface area contributed by atoms with Crippen LogP contribution in [-0.2, 0) is 19.1 Å². The fourth-order valence-electron chi connectivity index (χ4n) is 5.59. The normalized spacial score (nSPS) is 22.7. The number of benzene rings is 2. The third-order valence-electron chi connectivity index (χ3n) is 7.99. The molecule has 2 aromatic carbocycles. The Labute approximate surface area is 258 Å². The fourth-order valence-corrected chi connectivity index (χ4v) is 6.48. The zero-order chi connectivity index (χ0) is 31.3. The summed E-state index contributed by atoms with van der Waals surface area (Å²) in [7, 11) is 1.28. The molecule has 5 rings (SSSR count). The van der Waals surface area contributed by atoms with Crippen molar-refractivity contribution >= 4 is 45.0 Å². The number of unbranched alkanes of at least 4 members (excludes halogenated alkanes) is 3. The zero-order valence-corrected chi connectivity index (χ0v) is 25.5. The number of halogens is 2. The summed E-state index contributed by atoms with van der Waals surface area (Å²) in [6.07, 6.45) is 8.14. The molecule has 2 amide bonds. The van der Waals surface area contributed by atoms with Crippen LogP contribution in [0.1, 0.15) is 45.4 Å². The smallest absolute Gasteiger partial charge is 0.332 e. The van der Waals surface area contributed by atoms with Gasteiger partial charge in [0.15, 0.2) is 0 Å². The monoisotopic (exact) mass is 626 g/mol. The maximum absolute atomic E-state index is 13.8. The number of fused-ring (bicyclic) bond motifs is 1. The molecule has 3 aromatic rings. The average Bonchev–Trinajstić information content (AvgIpc) is 3.31. The number of likely N-dealkylation sites (tertiary alicyclic amines) is 1. The minimum atomic E-state index is -1.20. The van der Waals surface area contributed by atoms with Crippen LogP contribution in [0.5, 0.6) is 5.19 Å². The number of carbonyl (C=O) groups excluding carboxylic acids is 3. The number of hydrogen-bond acceptors (Lipinski definition) is 8. The van der Waals surface area contributed by atoms with Crippen molar-refractivity contribution in [3.8, 4) is 5.19 Å². The van der Waals surface area contributed by atoms with Crippen molar-refractivity contribution in [1.29, 1.82) is 0 Å². The number of thiazole rings is 1. The molecule has 44 heavy (non-hydrogen) atoms. The first kappa shape index (κ1) is 31.4. The van der Waals surface area contributed by atoms with Crippen LogP contribution in [0, 0.1) is 17.6 Å². The van der Waals surface area contributed by atoms with Gasteiger partial charge >= 0.3 is 5.97 Å². The highest BCUT2D eigenvalue weighted by Gasteiger charge is 2.62. The number of ether oxygens (including phenoxy) is 2. The minimum Gasteiger partial charge on any atom is -0.467 e. The molecule has 0 radical (unpaired) electrons. The number of esters is 1. The van der Waals surface area contributed by atoms with Gasteiger partial charge in [-0.05, 0) is 43.5 Å². The van der Waals surface area contributed by atoms with E-state index in [4.69, 9.17) is 9.47 Å². The number of rotatable bonds is 13. The molecular formula is C32H36F2N4O5S. The molecule has 1 saturated carbocycles. The van der Waals surface area contributed by atoms with Crippen molar-refractivity contribution in [3.05, 3.63) is 66.3 Å². The second kappa shape index (κ2) is 13.7. The summed E-state index contributed by atoms with van der Waals surface area (Å²) < 4.78 is 39.5. The lowest BCUT2D eigenvalue weighted by Crippen LogP contribution is -2.53. The van der Waals surface area contributed by atoms with Gasteiger partial charge < -0.3 is 25.0 Å². The van der Waals surface area contributed by atoms with Gasteiger partial charge in [0, 0.05) is 24.1 Å². The van der Waals surface area contributed by atoms with Crippen LogP contribution in [0.25, 0.3) is 10.2 Å². The maximum Gasteiger partial charge on any atom is 0.332 e. The van der Waals surface area contributed by atoms with E-state index in [1.165, 1.54) is 23.3 Å². The van der Waals surface area contributed by atoms with Crippen molar-refractivity contribution in [2.24, 2.45) is 5.92 Å². The Kier molecular flexibility index (Phi) is 9.77. The maximum atomic E-state index is 13.8. The van der Waals surface area contributed by atoms with Crippen LogP contribution in [-0.4, -0.2) is 65.6 Å². The van der Waals surface area contributed by atoms with E-state index < -0.39 is 47.1 Å². The van der Waals surface area contributed by atoms with E-state index in [-0.39, 0.29) is 31.1 Å². The number of carbonyl (C=O) groups is 3. The predicted molar refractivity (Wildman–Crippen MR) is 163 cm³/mol. The predicted octanol–water partition coefficient (Wildman–Crippen LogP) is 5.22. The van der Waals surface area contributed by atoms with Gasteiger partial charge in [0.05, 0.1) is 30.4 Å². The lowest BCUT2D eigenvalue weighted by molar-refractivity contribution is -0.147. The second-order valence-corrected chi connectivity index (χ2v) is 12.2. The fraction of sp³-hybridized carbons (Fsp3) is 0.438.